The molecule has 0 bridgehead atoms. The van der Waals surface area contributed by atoms with Crippen molar-refractivity contribution in [2.24, 2.45) is 0 Å². The highest BCUT2D eigenvalue weighted by molar-refractivity contribution is 5.71. The quantitative estimate of drug-likeness (QED) is 0.832. The number of carboxylic acids is 1. The molecule has 2 rings (SSSR count). The molecule has 0 unspecified atom stereocenters. The third kappa shape index (κ3) is 2.26. The molecule has 0 saturated carbocycles. The van der Waals surface area contributed by atoms with Crippen LogP contribution in [0.3, 0.4) is 0 Å². The Labute approximate surface area is 87.0 Å². The van der Waals surface area contributed by atoms with Crippen LogP contribution in [0.4, 0.5) is 0 Å². The molecule has 0 aliphatic rings. The molecule has 15 heavy (non-hydrogen) atoms. The summed E-state index contributed by atoms with van der Waals surface area (Å²) in [6.07, 6.45) is 1.48. The first-order chi connectivity index (χ1) is 7.25. The molecule has 0 spiro atoms. The number of benzene rings is 1. The Bertz CT molecular complexity index is 457. The van der Waals surface area contributed by atoms with Crippen LogP contribution in [0.2, 0.25) is 0 Å². The Morgan fingerprint density at radius 3 is 2.67 bits per heavy atom. The average molecular weight is 202 g/mol. The van der Waals surface area contributed by atoms with Gasteiger partial charge in [0.25, 0.3) is 0 Å². The first-order valence-electron chi connectivity index (χ1n) is 4.60. The van der Waals surface area contributed by atoms with Gasteiger partial charge in [0.15, 0.2) is 0 Å². The van der Waals surface area contributed by atoms with Gasteiger partial charge in [0.2, 0.25) is 0 Å². The fourth-order valence-corrected chi connectivity index (χ4v) is 1.40. The van der Waals surface area contributed by atoms with Gasteiger partial charge in [0, 0.05) is 11.1 Å². The Hall–Kier alpha value is -2.03. The summed E-state index contributed by atoms with van der Waals surface area (Å²) in [5.41, 5.74) is 1.63. The molecule has 0 aliphatic heterocycles. The number of carboxylic acid groups (broad SMARTS) is 1. The van der Waals surface area contributed by atoms with Gasteiger partial charge in [-0.2, -0.15) is 0 Å². The van der Waals surface area contributed by atoms with Crippen molar-refractivity contribution in [2.75, 3.05) is 0 Å². The van der Waals surface area contributed by atoms with Crippen LogP contribution in [0, 0.1) is 0 Å². The molecule has 76 valence electrons. The first-order valence-corrected chi connectivity index (χ1v) is 4.60. The van der Waals surface area contributed by atoms with Gasteiger partial charge in [-0.3, -0.25) is 4.79 Å². The van der Waals surface area contributed by atoms with Crippen LogP contribution in [0.25, 0.3) is 11.3 Å². The molecule has 0 aliphatic carbocycles. The highest BCUT2D eigenvalue weighted by atomic mass is 16.4. The zero-order valence-electron chi connectivity index (χ0n) is 8.01. The molecule has 0 saturated heterocycles. The number of hydrogen-bond acceptors (Lipinski definition) is 2. The topological polar surface area (TPSA) is 50.4 Å². The molecule has 1 N–H and O–H groups in total. The first kappa shape index (κ1) is 9.52. The maximum Gasteiger partial charge on any atom is 0.307 e. The summed E-state index contributed by atoms with van der Waals surface area (Å²) in [6.45, 7) is 0. The summed E-state index contributed by atoms with van der Waals surface area (Å²) in [6, 6.07) is 11.3. The monoisotopic (exact) mass is 202 g/mol. The third-order valence-electron chi connectivity index (χ3n) is 2.07. The minimum atomic E-state index is -0.851. The van der Waals surface area contributed by atoms with Crippen molar-refractivity contribution in [1.82, 2.24) is 0 Å². The van der Waals surface area contributed by atoms with Crippen LogP contribution in [0.5, 0.6) is 0 Å². The van der Waals surface area contributed by atoms with Crippen LogP contribution in [0.15, 0.2) is 47.1 Å². The van der Waals surface area contributed by atoms with Crippen LogP contribution in [-0.2, 0) is 11.2 Å². The second-order valence-electron chi connectivity index (χ2n) is 3.26. The van der Waals surface area contributed by atoms with Crippen LogP contribution in [-0.4, -0.2) is 11.1 Å². The number of rotatable bonds is 3. The van der Waals surface area contributed by atoms with E-state index in [2.05, 4.69) is 0 Å². The largest absolute Gasteiger partial charge is 0.481 e. The zero-order valence-corrected chi connectivity index (χ0v) is 8.01. The fourth-order valence-electron chi connectivity index (χ4n) is 1.40. The van der Waals surface area contributed by atoms with Crippen molar-refractivity contribution < 1.29 is 14.3 Å². The molecule has 0 amide bonds. The van der Waals surface area contributed by atoms with E-state index in [9.17, 15) is 4.79 Å². The average Bonchev–Trinajstić information content (AvgIpc) is 2.67. The summed E-state index contributed by atoms with van der Waals surface area (Å²) in [5.74, 6) is -0.151. The minimum Gasteiger partial charge on any atom is -0.481 e. The Morgan fingerprint density at radius 2 is 2.00 bits per heavy atom. The highest BCUT2D eigenvalue weighted by Crippen LogP contribution is 2.21. The Kier molecular flexibility index (Phi) is 2.54. The van der Waals surface area contributed by atoms with Crippen LogP contribution < -0.4 is 0 Å². The maximum absolute atomic E-state index is 10.5. The lowest BCUT2D eigenvalue weighted by molar-refractivity contribution is -0.136. The summed E-state index contributed by atoms with van der Waals surface area (Å²) >= 11 is 0. The van der Waals surface area contributed by atoms with Gasteiger partial charge in [0.05, 0.1) is 12.7 Å². The van der Waals surface area contributed by atoms with E-state index < -0.39 is 5.97 Å². The fraction of sp³-hybridized carbons (Fsp3) is 0.0833. The molecular formula is C12H10O3. The minimum absolute atomic E-state index is 0.00364. The SMILES string of the molecule is O=C(O)Cc1coc(-c2ccccc2)c1. The second-order valence-corrected chi connectivity index (χ2v) is 3.26. The number of furan rings is 1. The van der Waals surface area contributed by atoms with E-state index in [4.69, 9.17) is 9.52 Å². The lowest BCUT2D eigenvalue weighted by Crippen LogP contribution is -1.97. The molecule has 0 fully saturated rings. The third-order valence-corrected chi connectivity index (χ3v) is 2.07. The van der Waals surface area contributed by atoms with E-state index in [0.717, 1.165) is 5.56 Å². The van der Waals surface area contributed by atoms with Crippen LogP contribution in [0.1, 0.15) is 5.56 Å². The van der Waals surface area contributed by atoms with Crippen molar-refractivity contribution in [2.45, 2.75) is 6.42 Å². The van der Waals surface area contributed by atoms with Gasteiger partial charge in [-0.15, -0.1) is 0 Å². The maximum atomic E-state index is 10.5. The van der Waals surface area contributed by atoms with Gasteiger partial charge in [0.1, 0.15) is 5.76 Å². The van der Waals surface area contributed by atoms with Crippen LogP contribution >= 0.6 is 0 Å². The molecule has 1 heterocycles. The van der Waals surface area contributed by atoms with Crippen molar-refractivity contribution >= 4 is 5.97 Å². The van der Waals surface area contributed by atoms with Gasteiger partial charge in [-0.25, -0.2) is 0 Å². The Balaban J connectivity index is 2.24. The molecular weight excluding hydrogens is 192 g/mol. The lowest BCUT2D eigenvalue weighted by atomic mass is 10.1. The van der Waals surface area contributed by atoms with E-state index in [1.165, 1.54) is 6.26 Å². The van der Waals surface area contributed by atoms with Crippen molar-refractivity contribution in [1.29, 1.82) is 0 Å². The lowest BCUT2D eigenvalue weighted by Gasteiger charge is -1.93. The zero-order chi connectivity index (χ0) is 10.7. The van der Waals surface area contributed by atoms with Gasteiger partial charge >= 0.3 is 5.97 Å². The normalized spacial score (nSPS) is 10.1. The summed E-state index contributed by atoms with van der Waals surface area (Å²) in [5, 5.41) is 8.61. The van der Waals surface area contributed by atoms with Crippen molar-refractivity contribution in [3.8, 4) is 11.3 Å². The van der Waals surface area contributed by atoms with E-state index in [-0.39, 0.29) is 6.42 Å². The van der Waals surface area contributed by atoms with E-state index >= 15 is 0 Å². The summed E-state index contributed by atoms with van der Waals surface area (Å²) < 4.78 is 5.29. The highest BCUT2D eigenvalue weighted by Gasteiger charge is 2.06. The van der Waals surface area contributed by atoms with Gasteiger partial charge in [-0.1, -0.05) is 30.3 Å². The van der Waals surface area contributed by atoms with Crippen molar-refractivity contribution in [3.63, 3.8) is 0 Å². The van der Waals surface area contributed by atoms with E-state index in [1.807, 2.05) is 30.3 Å². The predicted molar refractivity (Wildman–Crippen MR) is 55.5 cm³/mol. The smallest absolute Gasteiger partial charge is 0.307 e. The summed E-state index contributed by atoms with van der Waals surface area (Å²) in [7, 11) is 0. The molecule has 0 radical (unpaired) electrons. The van der Waals surface area contributed by atoms with Crippen molar-refractivity contribution in [3.05, 3.63) is 48.2 Å². The van der Waals surface area contributed by atoms with Gasteiger partial charge in [-0.05, 0) is 6.07 Å². The molecule has 3 heteroatoms. The molecule has 0 atom stereocenters. The standard InChI is InChI=1S/C12H10O3/c13-12(14)7-9-6-11(15-8-9)10-4-2-1-3-5-10/h1-6,8H,7H2,(H,13,14). The molecule has 1 aromatic heterocycles. The second kappa shape index (κ2) is 4.00. The molecule has 2 aromatic rings. The Morgan fingerprint density at radius 1 is 1.27 bits per heavy atom. The number of aliphatic carboxylic acids is 1. The van der Waals surface area contributed by atoms with E-state index in [1.54, 1.807) is 6.07 Å². The summed E-state index contributed by atoms with van der Waals surface area (Å²) in [4.78, 5) is 10.5. The predicted octanol–water partition coefficient (Wildman–Crippen LogP) is 2.57. The van der Waals surface area contributed by atoms with Gasteiger partial charge < -0.3 is 9.52 Å². The number of carbonyl (C=O) groups is 1. The van der Waals surface area contributed by atoms with E-state index in [0.29, 0.717) is 11.3 Å². The molecule has 1 aromatic carbocycles. The number of hydrogen-bond donors (Lipinski definition) is 1. The molecule has 3 nitrogen and oxygen atoms in total.